The molecule has 0 aliphatic carbocycles. The molecule has 0 saturated carbocycles. The van der Waals surface area contributed by atoms with Gasteiger partial charge in [-0.05, 0) is 44.2 Å². The summed E-state index contributed by atoms with van der Waals surface area (Å²) in [6.07, 6.45) is 4.72. The first-order valence-corrected chi connectivity index (χ1v) is 10.1. The Labute approximate surface area is 135 Å². The Hall–Kier alpha value is -0.660. The van der Waals surface area contributed by atoms with Crippen LogP contribution in [0.3, 0.4) is 0 Å². The number of hydrogen-bond acceptors (Lipinski definition) is 4. The van der Waals surface area contributed by atoms with Gasteiger partial charge in [0.15, 0.2) is 0 Å². The van der Waals surface area contributed by atoms with E-state index < -0.39 is 10.0 Å². The van der Waals surface area contributed by atoms with Crippen molar-refractivity contribution in [2.75, 3.05) is 39.0 Å². The zero-order valence-corrected chi connectivity index (χ0v) is 14.9. The van der Waals surface area contributed by atoms with E-state index in [4.69, 9.17) is 0 Å². The number of piperidine rings is 1. The molecule has 1 unspecified atom stereocenters. The Bertz CT molecular complexity index is 433. The molecule has 0 aromatic rings. The van der Waals surface area contributed by atoms with Crippen LogP contribution < -0.4 is 10.6 Å². The number of amides is 1. The Kier molecular flexibility index (Phi) is 8.35. The van der Waals surface area contributed by atoms with Crippen molar-refractivity contribution in [2.24, 2.45) is 11.8 Å². The highest BCUT2D eigenvalue weighted by atomic mass is 32.2. The Morgan fingerprint density at radius 2 is 2.00 bits per heavy atom. The fourth-order valence-corrected chi connectivity index (χ4v) is 3.92. The van der Waals surface area contributed by atoms with Crippen LogP contribution in [0.4, 0.5) is 0 Å². The number of sulfonamides is 1. The normalized spacial score (nSPS) is 18.4. The standard InChI is InChI=1S/C15H31N3O3S/c1-4-18(22(3,20)21)11-5-8-17-15(19)12-13(2)14-6-9-16-10-7-14/h13-14,16H,4-12H2,1-3H3,(H,17,19). The van der Waals surface area contributed by atoms with E-state index in [9.17, 15) is 13.2 Å². The molecular formula is C15H31N3O3S. The molecule has 1 saturated heterocycles. The van der Waals surface area contributed by atoms with E-state index in [0.29, 0.717) is 44.3 Å². The molecule has 1 atom stereocenters. The van der Waals surface area contributed by atoms with Crippen LogP contribution in [0.5, 0.6) is 0 Å². The minimum absolute atomic E-state index is 0.0773. The number of nitrogens with zero attached hydrogens (tertiary/aromatic N) is 1. The SMILES string of the molecule is CCN(CCCNC(=O)CC(C)C1CCNCC1)S(C)(=O)=O. The fourth-order valence-electron chi connectivity index (χ4n) is 2.99. The second-order valence-electron chi connectivity index (χ2n) is 6.23. The van der Waals surface area contributed by atoms with Gasteiger partial charge < -0.3 is 10.6 Å². The van der Waals surface area contributed by atoms with Crippen molar-refractivity contribution in [1.82, 2.24) is 14.9 Å². The van der Waals surface area contributed by atoms with E-state index in [0.717, 1.165) is 25.9 Å². The average Bonchev–Trinajstić information content (AvgIpc) is 2.46. The third-order valence-corrected chi connectivity index (χ3v) is 5.80. The Morgan fingerprint density at radius 3 is 2.55 bits per heavy atom. The van der Waals surface area contributed by atoms with E-state index in [1.54, 1.807) is 0 Å². The molecule has 1 fully saturated rings. The molecule has 130 valence electrons. The monoisotopic (exact) mass is 333 g/mol. The first-order chi connectivity index (χ1) is 10.3. The van der Waals surface area contributed by atoms with Crippen LogP contribution in [-0.4, -0.2) is 57.6 Å². The Balaban J connectivity index is 2.20. The molecule has 0 spiro atoms. The molecule has 1 aliphatic rings. The van der Waals surface area contributed by atoms with Gasteiger partial charge in [-0.1, -0.05) is 13.8 Å². The van der Waals surface area contributed by atoms with Crippen molar-refractivity contribution in [3.63, 3.8) is 0 Å². The quantitative estimate of drug-likeness (QED) is 0.612. The van der Waals surface area contributed by atoms with Crippen molar-refractivity contribution in [3.05, 3.63) is 0 Å². The summed E-state index contributed by atoms with van der Waals surface area (Å²) in [4.78, 5) is 11.9. The third-order valence-electron chi connectivity index (χ3n) is 4.42. The van der Waals surface area contributed by atoms with Gasteiger partial charge >= 0.3 is 0 Å². The number of carbonyl (C=O) groups excluding carboxylic acids is 1. The van der Waals surface area contributed by atoms with Crippen LogP contribution >= 0.6 is 0 Å². The molecular weight excluding hydrogens is 302 g/mol. The van der Waals surface area contributed by atoms with Crippen molar-refractivity contribution in [1.29, 1.82) is 0 Å². The average molecular weight is 333 g/mol. The van der Waals surface area contributed by atoms with Crippen LogP contribution in [0, 0.1) is 11.8 Å². The molecule has 1 rings (SSSR count). The van der Waals surface area contributed by atoms with Gasteiger partial charge in [0.25, 0.3) is 0 Å². The van der Waals surface area contributed by atoms with E-state index in [1.807, 2.05) is 6.92 Å². The first kappa shape index (κ1) is 19.4. The summed E-state index contributed by atoms with van der Waals surface area (Å²) in [6, 6.07) is 0. The summed E-state index contributed by atoms with van der Waals surface area (Å²) < 4.78 is 24.3. The van der Waals surface area contributed by atoms with Crippen LogP contribution in [0.25, 0.3) is 0 Å². The number of rotatable bonds is 9. The van der Waals surface area contributed by atoms with Crippen LogP contribution in [0.2, 0.25) is 0 Å². The summed E-state index contributed by atoms with van der Waals surface area (Å²) in [5, 5.41) is 6.25. The van der Waals surface area contributed by atoms with Gasteiger partial charge in [0, 0.05) is 26.1 Å². The molecule has 0 aromatic heterocycles. The van der Waals surface area contributed by atoms with Crippen molar-refractivity contribution in [3.8, 4) is 0 Å². The van der Waals surface area contributed by atoms with E-state index in [1.165, 1.54) is 10.6 Å². The second kappa shape index (κ2) is 9.47. The molecule has 1 amide bonds. The lowest BCUT2D eigenvalue weighted by atomic mass is 9.84. The predicted octanol–water partition coefficient (Wildman–Crippen LogP) is 0.800. The van der Waals surface area contributed by atoms with Gasteiger partial charge in [-0.15, -0.1) is 0 Å². The molecule has 22 heavy (non-hydrogen) atoms. The highest BCUT2D eigenvalue weighted by molar-refractivity contribution is 7.88. The number of carbonyl (C=O) groups is 1. The van der Waals surface area contributed by atoms with E-state index >= 15 is 0 Å². The summed E-state index contributed by atoms with van der Waals surface area (Å²) in [6.45, 7) is 7.53. The lowest BCUT2D eigenvalue weighted by molar-refractivity contribution is -0.122. The highest BCUT2D eigenvalue weighted by Gasteiger charge is 2.21. The molecule has 1 heterocycles. The summed E-state index contributed by atoms with van der Waals surface area (Å²) in [5.41, 5.74) is 0. The van der Waals surface area contributed by atoms with Gasteiger partial charge in [-0.3, -0.25) is 4.79 Å². The minimum Gasteiger partial charge on any atom is -0.356 e. The van der Waals surface area contributed by atoms with Gasteiger partial charge in [0.1, 0.15) is 0 Å². The second-order valence-corrected chi connectivity index (χ2v) is 8.21. The predicted molar refractivity (Wildman–Crippen MR) is 89.1 cm³/mol. The maximum absolute atomic E-state index is 11.9. The largest absolute Gasteiger partial charge is 0.356 e. The maximum atomic E-state index is 11.9. The molecule has 0 radical (unpaired) electrons. The van der Waals surface area contributed by atoms with Crippen molar-refractivity contribution >= 4 is 15.9 Å². The zero-order chi connectivity index (χ0) is 16.6. The summed E-state index contributed by atoms with van der Waals surface area (Å²) in [5.74, 6) is 1.12. The van der Waals surface area contributed by atoms with E-state index in [2.05, 4.69) is 17.6 Å². The molecule has 7 heteroatoms. The van der Waals surface area contributed by atoms with Gasteiger partial charge in [-0.25, -0.2) is 12.7 Å². The molecule has 1 aliphatic heterocycles. The number of nitrogens with one attached hydrogen (secondary N) is 2. The molecule has 2 N–H and O–H groups in total. The molecule has 0 bridgehead atoms. The lowest BCUT2D eigenvalue weighted by Crippen LogP contribution is -2.35. The number of hydrogen-bond donors (Lipinski definition) is 2. The summed E-state index contributed by atoms with van der Waals surface area (Å²) >= 11 is 0. The molecule has 6 nitrogen and oxygen atoms in total. The van der Waals surface area contributed by atoms with Crippen molar-refractivity contribution < 1.29 is 13.2 Å². The maximum Gasteiger partial charge on any atom is 0.220 e. The van der Waals surface area contributed by atoms with Crippen LogP contribution in [-0.2, 0) is 14.8 Å². The molecule has 0 aromatic carbocycles. The lowest BCUT2D eigenvalue weighted by Gasteiger charge is -2.27. The minimum atomic E-state index is -3.13. The Morgan fingerprint density at radius 1 is 1.36 bits per heavy atom. The van der Waals surface area contributed by atoms with Crippen molar-refractivity contribution in [2.45, 2.75) is 39.5 Å². The smallest absolute Gasteiger partial charge is 0.220 e. The third kappa shape index (κ3) is 7.07. The topological polar surface area (TPSA) is 78.5 Å². The zero-order valence-electron chi connectivity index (χ0n) is 14.1. The highest BCUT2D eigenvalue weighted by Crippen LogP contribution is 2.24. The van der Waals surface area contributed by atoms with Crippen LogP contribution in [0.15, 0.2) is 0 Å². The van der Waals surface area contributed by atoms with Gasteiger partial charge in [0.2, 0.25) is 15.9 Å². The fraction of sp³-hybridized carbons (Fsp3) is 0.933. The van der Waals surface area contributed by atoms with Crippen LogP contribution in [0.1, 0.15) is 39.5 Å². The summed E-state index contributed by atoms with van der Waals surface area (Å²) in [7, 11) is -3.13. The first-order valence-electron chi connectivity index (χ1n) is 8.27. The van der Waals surface area contributed by atoms with Gasteiger partial charge in [0.05, 0.1) is 6.26 Å². The van der Waals surface area contributed by atoms with Gasteiger partial charge in [-0.2, -0.15) is 0 Å². The van der Waals surface area contributed by atoms with E-state index in [-0.39, 0.29) is 5.91 Å².